The molecule has 2 heterocycles. The van der Waals surface area contributed by atoms with Crippen molar-refractivity contribution in [1.29, 1.82) is 0 Å². The molecule has 0 saturated carbocycles. The third-order valence-electron chi connectivity index (χ3n) is 3.19. The Morgan fingerprint density at radius 3 is 2.61 bits per heavy atom. The molecule has 0 aliphatic carbocycles. The van der Waals surface area contributed by atoms with Crippen LogP contribution in [-0.2, 0) is 28.4 Å². The Hall–Kier alpha value is -2.19. The van der Waals surface area contributed by atoms with Crippen LogP contribution in [0.5, 0.6) is 0 Å². The van der Waals surface area contributed by atoms with E-state index in [2.05, 4.69) is 15.1 Å². The van der Waals surface area contributed by atoms with Crippen LogP contribution in [0.2, 0.25) is 5.02 Å². The van der Waals surface area contributed by atoms with Gasteiger partial charge < -0.3 is 4.98 Å². The number of aromatic nitrogens is 4. The number of H-pyrrole nitrogens is 1. The van der Waals surface area contributed by atoms with Crippen molar-refractivity contribution in [1.82, 2.24) is 19.7 Å². The summed E-state index contributed by atoms with van der Waals surface area (Å²) in [6.07, 6.45) is 1.57. The predicted octanol–water partition coefficient (Wildman–Crippen LogP) is 1.43. The second-order valence-corrected chi connectivity index (χ2v) is 7.71. The maximum atomic E-state index is 12.3. The first kappa shape index (κ1) is 15.7. The van der Waals surface area contributed by atoms with Crippen molar-refractivity contribution in [3.8, 4) is 0 Å². The molecule has 1 aromatic carbocycles. The molecule has 0 atom stereocenters. The first-order valence-corrected chi connectivity index (χ1v) is 8.90. The lowest BCUT2D eigenvalue weighted by molar-refractivity contribution is 0.593. The Labute approximate surface area is 136 Å². The molecule has 2 aromatic heterocycles. The van der Waals surface area contributed by atoms with Gasteiger partial charge in [-0.05, 0) is 17.7 Å². The number of nitrogens with zero attached hydrogens (tertiary/aromatic N) is 3. The number of sulfone groups is 1. The highest BCUT2D eigenvalue weighted by Gasteiger charge is 2.17. The summed E-state index contributed by atoms with van der Waals surface area (Å²) < 4.78 is 26.0. The molecular formula is C14H13ClN4O3S. The van der Waals surface area contributed by atoms with Gasteiger partial charge in [-0.2, -0.15) is 5.10 Å². The Morgan fingerprint density at radius 2 is 1.91 bits per heavy atom. The van der Waals surface area contributed by atoms with Crippen molar-refractivity contribution in [2.45, 2.75) is 11.5 Å². The normalized spacial score (nSPS) is 11.9. The fourth-order valence-electron chi connectivity index (χ4n) is 2.25. The standard InChI is InChI=1S/C14H13ClN4O3S/c1-19-6-11-13(18-19)14(20)17-12(16-11)8-23(21,22)7-9-2-4-10(15)5-3-9/h2-6H,7-8H2,1H3,(H,16,17,20). The van der Waals surface area contributed by atoms with Crippen LogP contribution < -0.4 is 5.56 Å². The van der Waals surface area contributed by atoms with Gasteiger partial charge in [0, 0.05) is 12.1 Å². The molecule has 0 bridgehead atoms. The highest BCUT2D eigenvalue weighted by Crippen LogP contribution is 2.14. The van der Waals surface area contributed by atoms with Crippen molar-refractivity contribution in [3.63, 3.8) is 0 Å². The highest BCUT2D eigenvalue weighted by atomic mass is 35.5. The van der Waals surface area contributed by atoms with Gasteiger partial charge in [-0.1, -0.05) is 23.7 Å². The van der Waals surface area contributed by atoms with E-state index in [9.17, 15) is 13.2 Å². The smallest absolute Gasteiger partial charge is 0.279 e. The van der Waals surface area contributed by atoms with Gasteiger partial charge in [0.2, 0.25) is 0 Å². The van der Waals surface area contributed by atoms with E-state index in [1.165, 1.54) is 4.68 Å². The quantitative estimate of drug-likeness (QED) is 0.765. The summed E-state index contributed by atoms with van der Waals surface area (Å²) in [4.78, 5) is 18.5. The zero-order valence-corrected chi connectivity index (χ0v) is 13.7. The van der Waals surface area contributed by atoms with Gasteiger partial charge in [-0.15, -0.1) is 0 Å². The third kappa shape index (κ3) is 3.59. The first-order valence-electron chi connectivity index (χ1n) is 6.70. The molecule has 0 spiro atoms. The number of nitrogens with one attached hydrogen (secondary N) is 1. The van der Waals surface area contributed by atoms with Crippen LogP contribution in [0, 0.1) is 0 Å². The zero-order valence-electron chi connectivity index (χ0n) is 12.2. The van der Waals surface area contributed by atoms with Crippen LogP contribution in [-0.4, -0.2) is 28.2 Å². The minimum Gasteiger partial charge on any atom is -0.308 e. The summed E-state index contributed by atoms with van der Waals surface area (Å²) in [5.74, 6) is -0.404. The van der Waals surface area contributed by atoms with E-state index < -0.39 is 15.4 Å². The van der Waals surface area contributed by atoms with Crippen LogP contribution in [0.3, 0.4) is 0 Å². The van der Waals surface area contributed by atoms with Gasteiger partial charge in [-0.3, -0.25) is 9.48 Å². The van der Waals surface area contributed by atoms with Gasteiger partial charge >= 0.3 is 0 Å². The molecule has 0 aliphatic rings. The Kier molecular flexibility index (Phi) is 3.95. The fraction of sp³-hybridized carbons (Fsp3) is 0.214. The van der Waals surface area contributed by atoms with Gasteiger partial charge in [0.25, 0.3) is 5.56 Å². The topological polar surface area (TPSA) is 97.7 Å². The van der Waals surface area contributed by atoms with Crippen LogP contribution in [0.1, 0.15) is 11.4 Å². The molecule has 3 aromatic rings. The van der Waals surface area contributed by atoms with E-state index in [1.54, 1.807) is 37.5 Å². The Balaban J connectivity index is 1.88. The summed E-state index contributed by atoms with van der Waals surface area (Å²) in [6.45, 7) is 0. The molecule has 0 radical (unpaired) electrons. The third-order valence-corrected chi connectivity index (χ3v) is 4.93. The average molecular weight is 353 g/mol. The molecule has 0 amide bonds. The van der Waals surface area contributed by atoms with Crippen LogP contribution in [0.4, 0.5) is 0 Å². The molecule has 0 unspecified atom stereocenters. The van der Waals surface area contributed by atoms with E-state index in [0.717, 1.165) is 0 Å². The Morgan fingerprint density at radius 1 is 1.22 bits per heavy atom. The molecule has 0 fully saturated rings. The maximum Gasteiger partial charge on any atom is 0.279 e. The second kappa shape index (κ2) is 5.78. The predicted molar refractivity (Wildman–Crippen MR) is 86.9 cm³/mol. The van der Waals surface area contributed by atoms with Gasteiger partial charge in [0.1, 0.15) is 17.1 Å². The lowest BCUT2D eigenvalue weighted by Gasteiger charge is -2.04. The monoisotopic (exact) mass is 352 g/mol. The number of halogens is 1. The molecule has 120 valence electrons. The minimum absolute atomic E-state index is 0.101. The summed E-state index contributed by atoms with van der Waals surface area (Å²) in [5.41, 5.74) is 0.728. The van der Waals surface area contributed by atoms with E-state index in [0.29, 0.717) is 16.1 Å². The molecule has 0 saturated heterocycles. The number of fused-ring (bicyclic) bond motifs is 1. The lowest BCUT2D eigenvalue weighted by Crippen LogP contribution is -2.16. The summed E-state index contributed by atoms with van der Waals surface area (Å²) >= 11 is 5.78. The van der Waals surface area contributed by atoms with Crippen molar-refractivity contribution in [2.75, 3.05) is 0 Å². The van der Waals surface area contributed by atoms with Crippen molar-refractivity contribution in [3.05, 3.63) is 57.2 Å². The van der Waals surface area contributed by atoms with Gasteiger partial charge in [0.05, 0.1) is 11.9 Å². The molecule has 1 N–H and O–H groups in total. The van der Waals surface area contributed by atoms with Crippen molar-refractivity contribution >= 4 is 32.5 Å². The fourth-order valence-corrected chi connectivity index (χ4v) is 3.73. The molecule has 9 heteroatoms. The largest absolute Gasteiger partial charge is 0.308 e. The van der Waals surface area contributed by atoms with Gasteiger partial charge in [0.15, 0.2) is 15.4 Å². The Bertz CT molecular complexity index is 1020. The molecule has 7 nitrogen and oxygen atoms in total. The van der Waals surface area contributed by atoms with Crippen LogP contribution in [0.25, 0.3) is 11.0 Å². The number of hydrogen-bond donors (Lipinski definition) is 1. The van der Waals surface area contributed by atoms with Crippen molar-refractivity contribution in [2.24, 2.45) is 7.05 Å². The van der Waals surface area contributed by atoms with Crippen LogP contribution in [0.15, 0.2) is 35.3 Å². The van der Waals surface area contributed by atoms with Crippen LogP contribution >= 0.6 is 11.6 Å². The summed E-state index contributed by atoms with van der Waals surface area (Å²) in [5, 5.41) is 4.52. The maximum absolute atomic E-state index is 12.3. The number of aromatic amines is 1. The molecule has 0 aliphatic heterocycles. The average Bonchev–Trinajstić information content (AvgIpc) is 2.81. The number of hydrogen-bond acceptors (Lipinski definition) is 5. The number of aryl methyl sites for hydroxylation is 1. The van der Waals surface area contributed by atoms with Crippen molar-refractivity contribution < 1.29 is 8.42 Å². The molecular weight excluding hydrogens is 340 g/mol. The number of rotatable bonds is 4. The second-order valence-electron chi connectivity index (χ2n) is 5.21. The SMILES string of the molecule is Cn1cc2nc(CS(=O)(=O)Cc3ccc(Cl)cc3)[nH]c(=O)c2n1. The zero-order chi connectivity index (χ0) is 16.6. The molecule has 23 heavy (non-hydrogen) atoms. The summed E-state index contributed by atoms with van der Waals surface area (Å²) in [7, 11) is -1.82. The highest BCUT2D eigenvalue weighted by molar-refractivity contribution is 7.89. The van der Waals surface area contributed by atoms with E-state index in [4.69, 9.17) is 11.6 Å². The van der Waals surface area contributed by atoms with E-state index >= 15 is 0 Å². The first-order chi connectivity index (χ1) is 10.8. The van der Waals surface area contributed by atoms with E-state index in [1.807, 2.05) is 0 Å². The lowest BCUT2D eigenvalue weighted by atomic mass is 10.2. The summed E-state index contributed by atoms with van der Waals surface area (Å²) in [6, 6.07) is 6.57. The van der Waals surface area contributed by atoms with E-state index in [-0.39, 0.29) is 22.8 Å². The number of benzene rings is 1. The minimum atomic E-state index is -3.48. The van der Waals surface area contributed by atoms with Gasteiger partial charge in [-0.25, -0.2) is 13.4 Å². The molecule has 3 rings (SSSR count).